The van der Waals surface area contributed by atoms with E-state index in [9.17, 15) is 24.3 Å². The number of thiazole rings is 1. The number of hydrogen-bond acceptors (Lipinski definition) is 13. The van der Waals surface area contributed by atoms with Crippen LogP contribution in [0, 0.1) is 23.2 Å². The maximum Gasteiger partial charge on any atom is 0.408 e. The van der Waals surface area contributed by atoms with Gasteiger partial charge in [0.15, 0.2) is 11.4 Å². The summed E-state index contributed by atoms with van der Waals surface area (Å²) in [5, 5.41) is 22.4. The van der Waals surface area contributed by atoms with Crippen molar-refractivity contribution in [1.29, 1.82) is 0 Å². The number of benzene rings is 1. The Balaban J connectivity index is 1.06. The van der Waals surface area contributed by atoms with Crippen molar-refractivity contribution in [3.8, 4) is 22.9 Å². The number of pyridine rings is 1. The van der Waals surface area contributed by atoms with E-state index in [2.05, 4.69) is 22.5 Å². The summed E-state index contributed by atoms with van der Waals surface area (Å²) in [6.45, 7) is 14.7. The van der Waals surface area contributed by atoms with Crippen LogP contribution >= 0.6 is 11.3 Å². The lowest BCUT2D eigenvalue weighted by molar-refractivity contribution is -0.165. The molecular formula is C46H60N6O10S. The summed E-state index contributed by atoms with van der Waals surface area (Å²) >= 11 is 1.46. The molecule has 2 unspecified atom stereocenters. The van der Waals surface area contributed by atoms with E-state index < -0.39 is 58.9 Å². The Bertz CT molecular complexity index is 2190. The summed E-state index contributed by atoms with van der Waals surface area (Å²) in [6.07, 6.45) is 5.69. The number of nitrogens with zero attached hydrogens (tertiary/aromatic N) is 3. The van der Waals surface area contributed by atoms with E-state index >= 15 is 0 Å². The molecule has 1 aromatic carbocycles. The Morgan fingerprint density at radius 3 is 2.52 bits per heavy atom. The first-order valence-electron chi connectivity index (χ1n) is 22.3. The molecule has 340 valence electrons. The highest BCUT2D eigenvalue weighted by Crippen LogP contribution is 2.52. The fraction of sp³-hybridized carbons (Fsp3) is 0.609. The molecule has 2 aliphatic heterocycles. The number of rotatable bonds is 17. The minimum atomic E-state index is -1.53. The van der Waals surface area contributed by atoms with Gasteiger partial charge < -0.3 is 49.6 Å². The van der Waals surface area contributed by atoms with Crippen LogP contribution in [-0.2, 0) is 28.6 Å². The molecule has 3 aliphatic carbocycles. The molecule has 5 aliphatic rings. The van der Waals surface area contributed by atoms with E-state index in [1.165, 1.54) is 28.7 Å². The van der Waals surface area contributed by atoms with Crippen molar-refractivity contribution in [3.63, 3.8) is 0 Å². The van der Waals surface area contributed by atoms with E-state index in [1.54, 1.807) is 6.07 Å². The Morgan fingerprint density at radius 2 is 1.84 bits per heavy atom. The standard InChI is InChI=1S/C46H60N6O10S/c1-7-28-22-46(28,42(55)56)51-40(53)36-20-31(23-52(36)41(54)39(45(4,5)6)50-44(57)62-30-17-26-16-27(26)18-30)61-37-21-34(35-24-63-43(49-35)47-25(2)3)48-33-19-29(11-12-32(33)37)58-14-15-60-38-10-8-9-13-59-38/h7,11-12,19,21,24-28,30-31,36,38-39H,1,8-10,13-18,20,22-23H2,2-6H3,(H,47,49)(H,50,57)(H,51,53)(H,55,56)/t26-,27+,28-,30+,31+,36+,38?,39-,46?/m1/s1. The third-order valence-corrected chi connectivity index (χ3v) is 13.5. The summed E-state index contributed by atoms with van der Waals surface area (Å²) in [5.74, 6) is -0.552. The van der Waals surface area contributed by atoms with Crippen molar-refractivity contribution in [2.75, 3.05) is 31.7 Å². The molecule has 2 aromatic heterocycles. The predicted octanol–water partition coefficient (Wildman–Crippen LogP) is 6.53. The number of nitrogens with one attached hydrogen (secondary N) is 3. The number of ether oxygens (including phenoxy) is 5. The number of likely N-dealkylation sites (tertiary alicyclic amines) is 1. The summed E-state index contributed by atoms with van der Waals surface area (Å²) < 4.78 is 30.2. The van der Waals surface area contributed by atoms with Gasteiger partial charge in [-0.05, 0) is 88.2 Å². The number of amides is 3. The highest BCUT2D eigenvalue weighted by Gasteiger charge is 2.61. The Kier molecular flexibility index (Phi) is 12.9. The van der Waals surface area contributed by atoms with Crippen LogP contribution in [0.5, 0.6) is 11.5 Å². The molecule has 3 saturated carbocycles. The van der Waals surface area contributed by atoms with Crippen LogP contribution in [0.2, 0.25) is 0 Å². The van der Waals surface area contributed by atoms with Crippen LogP contribution < -0.4 is 25.4 Å². The Labute approximate surface area is 371 Å². The molecule has 4 heterocycles. The van der Waals surface area contributed by atoms with Crippen molar-refractivity contribution in [1.82, 2.24) is 25.5 Å². The van der Waals surface area contributed by atoms with Crippen molar-refractivity contribution in [2.45, 2.75) is 128 Å². The minimum Gasteiger partial charge on any atom is -0.491 e. The van der Waals surface area contributed by atoms with Gasteiger partial charge in [-0.15, -0.1) is 17.9 Å². The van der Waals surface area contributed by atoms with Crippen molar-refractivity contribution in [2.24, 2.45) is 23.2 Å². The Morgan fingerprint density at radius 1 is 1.05 bits per heavy atom. The molecular weight excluding hydrogens is 829 g/mol. The highest BCUT2D eigenvalue weighted by atomic mass is 32.1. The number of carbonyl (C=O) groups excluding carboxylic acids is 3. The lowest BCUT2D eigenvalue weighted by Crippen LogP contribution is -2.59. The first kappa shape index (κ1) is 44.6. The molecule has 8 rings (SSSR count). The van der Waals surface area contributed by atoms with Crippen LogP contribution in [-0.4, -0.2) is 112 Å². The number of fused-ring (bicyclic) bond motifs is 2. The number of alkyl carbamates (subject to hydrolysis) is 1. The molecule has 63 heavy (non-hydrogen) atoms. The van der Waals surface area contributed by atoms with Gasteiger partial charge in [0, 0.05) is 47.9 Å². The minimum absolute atomic E-state index is 0.0264. The SMILES string of the molecule is C=C[C@@H]1CC1(NC(=O)[C@@H]1C[C@H](Oc2cc(-c3csc(NC(C)C)n3)nc3cc(OCCOC4CCCCO4)ccc23)CN1C(=O)[C@@H](NC(=O)O[C@@H]1C[C@@H]2C[C@@H]2C1)C(C)(C)C)C(=O)O. The van der Waals surface area contributed by atoms with Gasteiger partial charge in [-0.25, -0.2) is 19.6 Å². The first-order chi connectivity index (χ1) is 30.1. The fourth-order valence-corrected chi connectivity index (χ4v) is 9.98. The normalized spacial score (nSPS) is 27.9. The molecule has 9 atom stereocenters. The molecule has 16 nitrogen and oxygen atoms in total. The molecule has 3 aromatic rings. The summed E-state index contributed by atoms with van der Waals surface area (Å²) in [6, 6.07) is 5.29. The van der Waals surface area contributed by atoms with Crippen LogP contribution in [0.3, 0.4) is 0 Å². The second-order valence-electron chi connectivity index (χ2n) is 19.0. The first-order valence-corrected chi connectivity index (χ1v) is 23.1. The van der Waals surface area contributed by atoms with E-state index in [4.69, 9.17) is 33.7 Å². The van der Waals surface area contributed by atoms with Crippen molar-refractivity contribution in [3.05, 3.63) is 42.3 Å². The number of hydrogen-bond donors (Lipinski definition) is 4. The maximum absolute atomic E-state index is 14.8. The average molecular weight is 889 g/mol. The van der Waals surface area contributed by atoms with E-state index in [-0.39, 0.29) is 37.8 Å². The molecule has 17 heteroatoms. The summed E-state index contributed by atoms with van der Waals surface area (Å²) in [4.78, 5) is 66.0. The topological polar surface area (TPSA) is 200 Å². The van der Waals surface area contributed by atoms with Gasteiger partial charge in [0.05, 0.1) is 24.4 Å². The molecule has 0 radical (unpaired) electrons. The third kappa shape index (κ3) is 10.2. The Hall–Kier alpha value is -5.00. The van der Waals surface area contributed by atoms with E-state index in [0.29, 0.717) is 65.4 Å². The van der Waals surface area contributed by atoms with Gasteiger partial charge in [0.1, 0.15) is 53.6 Å². The largest absolute Gasteiger partial charge is 0.491 e. The molecule has 0 spiro atoms. The van der Waals surface area contributed by atoms with Crippen LogP contribution in [0.25, 0.3) is 22.3 Å². The number of aromatic nitrogens is 2. The monoisotopic (exact) mass is 888 g/mol. The number of aliphatic carboxylic acids is 1. The fourth-order valence-electron chi connectivity index (χ4n) is 9.13. The smallest absolute Gasteiger partial charge is 0.408 e. The molecule has 3 amide bonds. The lowest BCUT2D eigenvalue weighted by Gasteiger charge is -2.35. The lowest BCUT2D eigenvalue weighted by atomic mass is 9.85. The second kappa shape index (κ2) is 18.2. The third-order valence-electron chi connectivity index (χ3n) is 12.7. The zero-order chi connectivity index (χ0) is 44.6. The van der Waals surface area contributed by atoms with Crippen LogP contribution in [0.15, 0.2) is 42.3 Å². The predicted molar refractivity (Wildman–Crippen MR) is 235 cm³/mol. The number of carboxylic acid groups (broad SMARTS) is 1. The highest BCUT2D eigenvalue weighted by molar-refractivity contribution is 7.14. The second-order valence-corrected chi connectivity index (χ2v) is 19.9. The van der Waals surface area contributed by atoms with E-state index in [0.717, 1.165) is 37.2 Å². The summed E-state index contributed by atoms with van der Waals surface area (Å²) in [7, 11) is 0. The van der Waals surface area contributed by atoms with Crippen molar-refractivity contribution < 1.29 is 48.0 Å². The van der Waals surface area contributed by atoms with Crippen LogP contribution in [0.1, 0.15) is 86.0 Å². The molecule has 2 saturated heterocycles. The molecule has 0 bridgehead atoms. The van der Waals surface area contributed by atoms with Gasteiger partial charge in [-0.3, -0.25) is 9.59 Å². The molecule has 4 N–H and O–H groups in total. The number of anilines is 1. The van der Waals surface area contributed by atoms with Gasteiger partial charge in [-0.1, -0.05) is 26.8 Å². The average Bonchev–Trinajstić information content (AvgIpc) is 3.91. The van der Waals surface area contributed by atoms with Gasteiger partial charge in [-0.2, -0.15) is 0 Å². The maximum atomic E-state index is 14.8. The van der Waals surface area contributed by atoms with Gasteiger partial charge in [0.25, 0.3) is 0 Å². The molecule has 5 fully saturated rings. The van der Waals surface area contributed by atoms with Gasteiger partial charge >= 0.3 is 12.1 Å². The zero-order valence-electron chi connectivity index (χ0n) is 36.7. The van der Waals surface area contributed by atoms with Crippen LogP contribution in [0.4, 0.5) is 9.93 Å². The zero-order valence-corrected chi connectivity index (χ0v) is 37.5. The van der Waals surface area contributed by atoms with Crippen molar-refractivity contribution >= 4 is 51.2 Å². The quantitative estimate of drug-likeness (QED) is 0.0843. The number of carboxylic acids is 1. The van der Waals surface area contributed by atoms with E-state index in [1.807, 2.05) is 58.2 Å². The van der Waals surface area contributed by atoms with Gasteiger partial charge in [0.2, 0.25) is 11.8 Å². The number of carbonyl (C=O) groups is 4. The summed E-state index contributed by atoms with van der Waals surface area (Å²) in [5.41, 5.74) is -0.566.